The number of pyridine rings is 1. The van der Waals surface area contributed by atoms with Crippen LogP contribution in [0.3, 0.4) is 0 Å². The van der Waals surface area contributed by atoms with Gasteiger partial charge < -0.3 is 24.3 Å². The Balaban J connectivity index is 1.41. The third kappa shape index (κ3) is 5.20. The number of nitrogens with zero attached hydrogens (tertiary/aromatic N) is 3. The molecule has 0 unspecified atom stereocenters. The molecule has 0 bridgehead atoms. The van der Waals surface area contributed by atoms with Crippen LogP contribution in [0.4, 0.5) is 5.69 Å². The first-order valence-electron chi connectivity index (χ1n) is 14.1. The molecule has 41 heavy (non-hydrogen) atoms. The number of hydrogen-bond acceptors (Lipinski definition) is 5. The van der Waals surface area contributed by atoms with Crippen molar-refractivity contribution in [2.24, 2.45) is 0 Å². The van der Waals surface area contributed by atoms with Crippen LogP contribution in [0, 0.1) is 13.8 Å². The lowest BCUT2D eigenvalue weighted by Gasteiger charge is -2.28. The first kappa shape index (κ1) is 27.0. The normalized spacial score (nSPS) is 18.9. The Labute approximate surface area is 246 Å². The first-order chi connectivity index (χ1) is 19.9. The fourth-order valence-corrected chi connectivity index (χ4v) is 6.55. The van der Waals surface area contributed by atoms with Crippen LogP contribution in [-0.2, 0) is 4.74 Å². The summed E-state index contributed by atoms with van der Waals surface area (Å²) < 4.78 is 13.4. The van der Waals surface area contributed by atoms with E-state index in [2.05, 4.69) is 46.8 Å². The Kier molecular flexibility index (Phi) is 7.49. The predicted molar refractivity (Wildman–Crippen MR) is 164 cm³/mol. The Morgan fingerprint density at radius 3 is 2.46 bits per heavy atom. The van der Waals surface area contributed by atoms with Gasteiger partial charge in [0.1, 0.15) is 5.75 Å². The predicted octanol–water partition coefficient (Wildman–Crippen LogP) is 6.77. The van der Waals surface area contributed by atoms with E-state index in [1.165, 1.54) is 20.0 Å². The number of carbonyl (C=O) groups is 1. The second-order valence-electron chi connectivity index (χ2n) is 10.7. The third-order valence-electron chi connectivity index (χ3n) is 8.13. The highest BCUT2D eigenvalue weighted by molar-refractivity contribution is 7.80. The van der Waals surface area contributed by atoms with Crippen molar-refractivity contribution >= 4 is 29.0 Å². The maximum absolute atomic E-state index is 12.3. The maximum Gasteiger partial charge on any atom is 0.337 e. The van der Waals surface area contributed by atoms with E-state index >= 15 is 0 Å². The molecule has 2 aliphatic rings. The number of ether oxygens (including phenoxy) is 2. The molecule has 1 N–H and O–H groups in total. The minimum Gasteiger partial charge on any atom is -0.490 e. The molecule has 2 fully saturated rings. The summed E-state index contributed by atoms with van der Waals surface area (Å²) in [6.07, 6.45) is 6.83. The zero-order valence-electron chi connectivity index (χ0n) is 23.5. The second kappa shape index (κ2) is 11.4. The second-order valence-corrected chi connectivity index (χ2v) is 11.1. The molecule has 3 heterocycles. The number of nitrogens with one attached hydrogen (secondary N) is 1. The van der Waals surface area contributed by atoms with Gasteiger partial charge in [0.2, 0.25) is 0 Å². The number of rotatable bonds is 7. The molecule has 1 saturated carbocycles. The highest BCUT2D eigenvalue weighted by Crippen LogP contribution is 2.44. The Bertz CT molecular complexity index is 1560. The van der Waals surface area contributed by atoms with Gasteiger partial charge in [-0.3, -0.25) is 4.98 Å². The van der Waals surface area contributed by atoms with Crippen LogP contribution >= 0.6 is 12.2 Å². The lowest BCUT2D eigenvalue weighted by atomic mass is 9.96. The zero-order chi connectivity index (χ0) is 28.5. The number of methoxy groups -OCH3 is 1. The van der Waals surface area contributed by atoms with Gasteiger partial charge in [0.15, 0.2) is 5.11 Å². The van der Waals surface area contributed by atoms with Crippen LogP contribution in [0.1, 0.15) is 70.8 Å². The molecule has 7 nitrogen and oxygen atoms in total. The monoisotopic (exact) mass is 566 g/mol. The lowest BCUT2D eigenvalue weighted by molar-refractivity contribution is 0.0600. The molecule has 2 aromatic heterocycles. The Morgan fingerprint density at radius 1 is 0.976 bits per heavy atom. The molecule has 2 aromatic carbocycles. The lowest BCUT2D eigenvalue weighted by Crippen LogP contribution is -2.29. The number of aromatic nitrogens is 2. The smallest absolute Gasteiger partial charge is 0.337 e. The fourth-order valence-electron chi connectivity index (χ4n) is 6.21. The molecule has 0 amide bonds. The van der Waals surface area contributed by atoms with Crippen LogP contribution in [0.2, 0.25) is 0 Å². The summed E-state index contributed by atoms with van der Waals surface area (Å²) in [5.74, 6) is 0.529. The molecular weight excluding hydrogens is 532 g/mol. The van der Waals surface area contributed by atoms with Gasteiger partial charge in [0.05, 0.1) is 36.6 Å². The van der Waals surface area contributed by atoms with E-state index in [9.17, 15) is 4.79 Å². The SMILES string of the molecule is COC(=O)c1cccc(-n2c(C)cc([C@H]3[C@H](c4ccccn4)NC(=S)N3c3ccc(OC4CCCC4)cc3)c2C)c1. The molecule has 2 atom stereocenters. The average molecular weight is 567 g/mol. The quantitative estimate of drug-likeness (QED) is 0.195. The molecule has 0 radical (unpaired) electrons. The summed E-state index contributed by atoms with van der Waals surface area (Å²) in [5, 5.41) is 4.21. The molecule has 8 heteroatoms. The van der Waals surface area contributed by atoms with Gasteiger partial charge in [0, 0.05) is 29.0 Å². The van der Waals surface area contributed by atoms with E-state index < -0.39 is 0 Å². The topological polar surface area (TPSA) is 68.6 Å². The summed E-state index contributed by atoms with van der Waals surface area (Å²) >= 11 is 5.96. The van der Waals surface area contributed by atoms with Crippen molar-refractivity contribution in [3.8, 4) is 11.4 Å². The van der Waals surface area contributed by atoms with Crippen LogP contribution < -0.4 is 15.0 Å². The first-order valence-corrected chi connectivity index (χ1v) is 14.5. The molecule has 6 rings (SSSR count). The number of benzene rings is 2. The number of anilines is 1. The molecule has 210 valence electrons. The van der Waals surface area contributed by atoms with Gasteiger partial charge in [-0.15, -0.1) is 0 Å². The summed E-state index contributed by atoms with van der Waals surface area (Å²) in [7, 11) is 1.40. The minimum absolute atomic E-state index is 0.150. The third-order valence-corrected chi connectivity index (χ3v) is 8.45. The van der Waals surface area contributed by atoms with E-state index in [0.29, 0.717) is 16.8 Å². The van der Waals surface area contributed by atoms with Crippen molar-refractivity contribution in [1.29, 1.82) is 0 Å². The van der Waals surface area contributed by atoms with Crippen LogP contribution in [-0.4, -0.2) is 33.8 Å². The van der Waals surface area contributed by atoms with Gasteiger partial charge >= 0.3 is 5.97 Å². The number of esters is 1. The van der Waals surface area contributed by atoms with Gasteiger partial charge in [0.25, 0.3) is 0 Å². The van der Waals surface area contributed by atoms with E-state index in [0.717, 1.165) is 52.6 Å². The van der Waals surface area contributed by atoms with Crippen molar-refractivity contribution in [2.75, 3.05) is 12.0 Å². The van der Waals surface area contributed by atoms with Gasteiger partial charge in [-0.25, -0.2) is 4.79 Å². The van der Waals surface area contributed by atoms with Crippen molar-refractivity contribution in [3.05, 3.63) is 107 Å². The van der Waals surface area contributed by atoms with Crippen molar-refractivity contribution in [2.45, 2.75) is 57.7 Å². The Morgan fingerprint density at radius 2 is 1.76 bits per heavy atom. The van der Waals surface area contributed by atoms with Crippen molar-refractivity contribution < 1.29 is 14.3 Å². The van der Waals surface area contributed by atoms with Gasteiger partial charge in [-0.2, -0.15) is 0 Å². The molecule has 1 aliphatic heterocycles. The van der Waals surface area contributed by atoms with E-state index in [4.69, 9.17) is 26.7 Å². The highest BCUT2D eigenvalue weighted by Gasteiger charge is 2.42. The Hall–Kier alpha value is -4.17. The van der Waals surface area contributed by atoms with Crippen molar-refractivity contribution in [1.82, 2.24) is 14.9 Å². The van der Waals surface area contributed by atoms with E-state index in [1.54, 1.807) is 6.07 Å². The fraction of sp³-hybridized carbons (Fsp3) is 0.303. The maximum atomic E-state index is 12.3. The number of thiocarbonyl (C=S) groups is 1. The van der Waals surface area contributed by atoms with Gasteiger partial charge in [-0.05, 0) is 118 Å². The molecular formula is C33H34N4O3S. The summed E-state index contributed by atoms with van der Waals surface area (Å²) in [4.78, 5) is 19.1. The highest BCUT2D eigenvalue weighted by atomic mass is 32.1. The molecule has 1 aliphatic carbocycles. The van der Waals surface area contributed by atoms with E-state index in [-0.39, 0.29) is 18.1 Å². The minimum atomic E-state index is -0.360. The number of aryl methyl sites for hydroxylation is 1. The van der Waals surface area contributed by atoms with Crippen LogP contribution in [0.15, 0.2) is 79.0 Å². The molecule has 1 saturated heterocycles. The average Bonchev–Trinajstić information content (AvgIpc) is 3.71. The van der Waals surface area contributed by atoms with E-state index in [1.807, 2.05) is 54.7 Å². The van der Waals surface area contributed by atoms with Crippen molar-refractivity contribution in [3.63, 3.8) is 0 Å². The molecule has 0 spiro atoms. The molecule has 4 aromatic rings. The number of carbonyl (C=O) groups excluding carboxylic acids is 1. The van der Waals surface area contributed by atoms with Crippen LogP contribution in [0.5, 0.6) is 5.75 Å². The van der Waals surface area contributed by atoms with Gasteiger partial charge in [-0.1, -0.05) is 12.1 Å². The zero-order valence-corrected chi connectivity index (χ0v) is 24.4. The standard InChI is InChI=1S/C33H34N4O3S/c1-21-19-28(22(2)36(21)25-10-8-9-23(20-25)32(38)39-3)31-30(29-13-6-7-18-34-29)35-33(41)37(31)24-14-16-27(17-15-24)40-26-11-4-5-12-26/h6-10,13-20,26,30-31H,4-5,11-12H2,1-3H3,(H,35,41)/t30-,31-/m0/s1. The largest absolute Gasteiger partial charge is 0.490 e. The summed E-state index contributed by atoms with van der Waals surface area (Å²) in [6.45, 7) is 4.19. The van der Waals surface area contributed by atoms with Crippen LogP contribution in [0.25, 0.3) is 5.69 Å². The summed E-state index contributed by atoms with van der Waals surface area (Å²) in [6, 6.07) is 23.6. The number of hydrogen-bond donors (Lipinski definition) is 1. The summed E-state index contributed by atoms with van der Waals surface area (Å²) in [5.41, 5.74) is 6.56.